The maximum atomic E-state index is 15.2. The summed E-state index contributed by atoms with van der Waals surface area (Å²) < 4.78 is 80.5. The second-order valence-electron chi connectivity index (χ2n) is 7.30. The highest BCUT2D eigenvalue weighted by molar-refractivity contribution is 7.88. The fraction of sp³-hybridized carbons (Fsp3) is 0.227. The third-order valence-electron chi connectivity index (χ3n) is 4.48. The fourth-order valence-electron chi connectivity index (χ4n) is 2.74. The van der Waals surface area contributed by atoms with Crippen LogP contribution in [0.3, 0.4) is 0 Å². The molecule has 1 heterocycles. The van der Waals surface area contributed by atoms with E-state index >= 15 is 4.39 Å². The Bertz CT molecular complexity index is 1430. The van der Waals surface area contributed by atoms with Crippen LogP contribution in [0.4, 0.5) is 17.6 Å². The van der Waals surface area contributed by atoms with E-state index in [-0.39, 0.29) is 22.5 Å². The van der Waals surface area contributed by atoms with E-state index < -0.39 is 43.7 Å². The summed E-state index contributed by atoms with van der Waals surface area (Å²) in [6.07, 6.45) is 5.19. The summed E-state index contributed by atoms with van der Waals surface area (Å²) in [6.45, 7) is 2.92. The molecule has 1 amide bonds. The van der Waals surface area contributed by atoms with Crippen LogP contribution in [-0.4, -0.2) is 49.1 Å². The van der Waals surface area contributed by atoms with Crippen molar-refractivity contribution in [3.63, 3.8) is 0 Å². The van der Waals surface area contributed by atoms with Gasteiger partial charge < -0.3 is 9.08 Å². The van der Waals surface area contributed by atoms with Crippen LogP contribution in [0.1, 0.15) is 28.5 Å². The average Bonchev–Trinajstić information content (AvgIpc) is 2.78. The van der Waals surface area contributed by atoms with Crippen LogP contribution >= 0.6 is 11.6 Å². The molecule has 0 bridgehead atoms. The molecule has 36 heavy (non-hydrogen) atoms. The second kappa shape index (κ2) is 11.1. The molecule has 2 aromatic rings. The van der Waals surface area contributed by atoms with Crippen molar-refractivity contribution in [1.82, 2.24) is 9.47 Å². The molecule has 14 heteroatoms. The first-order valence-corrected chi connectivity index (χ1v) is 11.7. The van der Waals surface area contributed by atoms with E-state index in [0.717, 1.165) is 16.8 Å². The lowest BCUT2D eigenvalue weighted by molar-refractivity contribution is -0.0500. The number of nitrogens with zero attached hydrogens (tertiary/aromatic N) is 3. The number of aliphatic imine (C=N–C) groups is 1. The number of amides is 1. The molecule has 0 saturated heterocycles. The molecular formula is C22H20ClF4N3O5S. The van der Waals surface area contributed by atoms with Gasteiger partial charge in [-0.1, -0.05) is 23.7 Å². The van der Waals surface area contributed by atoms with Crippen LogP contribution < -0.4 is 9.74 Å². The molecule has 0 N–H and O–H groups in total. The summed E-state index contributed by atoms with van der Waals surface area (Å²) in [5, 5.41) is -0.935. The lowest BCUT2D eigenvalue weighted by Crippen LogP contribution is -2.29. The number of aromatic nitrogens is 1. The standard InChI is InChI=1S/C22H20ClF4N3O5S/c1-5-10-28-16(14-7-6-8-15(19(14)24)20(31)29(3)4)9-11-30-13(2)12-17(18(23)21(30)32)35-36(33,34)22(25,26)27/h5-12H,1-4H3/b10-5+,11-9+,28-16-. The van der Waals surface area contributed by atoms with E-state index in [4.69, 9.17) is 11.6 Å². The van der Waals surface area contributed by atoms with Gasteiger partial charge in [-0.3, -0.25) is 19.1 Å². The number of rotatable bonds is 7. The molecule has 1 aromatic heterocycles. The molecule has 194 valence electrons. The largest absolute Gasteiger partial charge is 0.534 e. The van der Waals surface area contributed by atoms with Crippen molar-refractivity contribution in [2.75, 3.05) is 14.1 Å². The van der Waals surface area contributed by atoms with Gasteiger partial charge in [0.2, 0.25) is 0 Å². The lowest BCUT2D eigenvalue weighted by Gasteiger charge is -2.14. The Balaban J connectivity index is 2.59. The van der Waals surface area contributed by atoms with E-state index in [1.807, 2.05) is 0 Å². The van der Waals surface area contributed by atoms with E-state index in [1.165, 1.54) is 56.4 Å². The Morgan fingerprint density at radius 3 is 2.39 bits per heavy atom. The van der Waals surface area contributed by atoms with Crippen molar-refractivity contribution in [2.45, 2.75) is 19.4 Å². The van der Waals surface area contributed by atoms with Gasteiger partial charge in [0.1, 0.15) is 10.8 Å². The van der Waals surface area contributed by atoms with Crippen molar-refractivity contribution in [2.24, 2.45) is 4.99 Å². The molecule has 0 aliphatic rings. The number of halogens is 5. The minimum absolute atomic E-state index is 0.0126. The van der Waals surface area contributed by atoms with Crippen LogP contribution in [0.5, 0.6) is 5.75 Å². The average molecular weight is 550 g/mol. The number of carbonyl (C=O) groups excluding carboxylic acids is 1. The molecule has 2 rings (SSSR count). The predicted molar refractivity (Wildman–Crippen MR) is 127 cm³/mol. The first-order valence-electron chi connectivity index (χ1n) is 9.92. The first kappa shape index (κ1) is 28.8. The number of pyridine rings is 1. The van der Waals surface area contributed by atoms with Crippen molar-refractivity contribution in [3.8, 4) is 5.75 Å². The van der Waals surface area contributed by atoms with Crippen molar-refractivity contribution >= 4 is 39.5 Å². The normalized spacial score (nSPS) is 13.0. The summed E-state index contributed by atoms with van der Waals surface area (Å²) in [7, 11) is -3.16. The maximum Gasteiger partial charge on any atom is 0.534 e. The van der Waals surface area contributed by atoms with Gasteiger partial charge >= 0.3 is 15.6 Å². The summed E-state index contributed by atoms with van der Waals surface area (Å²) in [5.74, 6) is -2.47. The van der Waals surface area contributed by atoms with Crippen LogP contribution in [0.25, 0.3) is 6.20 Å². The van der Waals surface area contributed by atoms with Crippen LogP contribution in [0.2, 0.25) is 5.02 Å². The van der Waals surface area contributed by atoms with Gasteiger partial charge in [0.05, 0.1) is 11.3 Å². The number of hydrogen-bond donors (Lipinski definition) is 0. The zero-order chi connectivity index (χ0) is 27.4. The molecule has 0 aliphatic carbocycles. The number of carbonyl (C=O) groups is 1. The van der Waals surface area contributed by atoms with Crippen LogP contribution in [0, 0.1) is 12.7 Å². The molecule has 0 fully saturated rings. The third kappa shape index (κ3) is 6.21. The summed E-state index contributed by atoms with van der Waals surface area (Å²) in [4.78, 5) is 30.2. The lowest BCUT2D eigenvalue weighted by atomic mass is 10.0. The molecule has 0 atom stereocenters. The Labute approximate surface area is 208 Å². The van der Waals surface area contributed by atoms with Gasteiger partial charge in [-0.15, -0.1) is 0 Å². The monoisotopic (exact) mass is 549 g/mol. The van der Waals surface area contributed by atoms with Crippen LogP contribution in [-0.2, 0) is 10.1 Å². The Hall–Kier alpha value is -3.45. The summed E-state index contributed by atoms with van der Waals surface area (Å²) in [5.41, 5.74) is -7.21. The van der Waals surface area contributed by atoms with E-state index in [9.17, 15) is 31.2 Å². The zero-order valence-corrected chi connectivity index (χ0v) is 20.9. The summed E-state index contributed by atoms with van der Waals surface area (Å²) in [6, 6.07) is 4.91. The van der Waals surface area contributed by atoms with Gasteiger partial charge in [0.25, 0.3) is 11.5 Å². The number of alkyl halides is 3. The Morgan fingerprint density at radius 1 is 1.22 bits per heavy atom. The SMILES string of the molecule is C/C=C/N=C(/C=C/n1c(C)cc(OS(=O)(=O)C(F)(F)F)c(Cl)c1=O)c1cccc(C(=O)N(C)C)c1F. The Morgan fingerprint density at radius 2 is 1.83 bits per heavy atom. The highest BCUT2D eigenvalue weighted by atomic mass is 35.5. The molecule has 0 saturated carbocycles. The van der Waals surface area contributed by atoms with Gasteiger partial charge in [-0.2, -0.15) is 21.6 Å². The molecular weight excluding hydrogens is 530 g/mol. The topological polar surface area (TPSA) is 98.0 Å². The minimum atomic E-state index is -6.06. The molecule has 0 spiro atoms. The van der Waals surface area contributed by atoms with Gasteiger partial charge in [0, 0.05) is 43.8 Å². The highest BCUT2D eigenvalue weighted by Gasteiger charge is 2.49. The van der Waals surface area contributed by atoms with Gasteiger partial charge in [0.15, 0.2) is 5.75 Å². The molecule has 0 aliphatic heterocycles. The number of benzene rings is 1. The Kier molecular flexibility index (Phi) is 8.86. The smallest absolute Gasteiger partial charge is 0.374 e. The van der Waals surface area contributed by atoms with Gasteiger partial charge in [-0.05, 0) is 32.1 Å². The summed E-state index contributed by atoms with van der Waals surface area (Å²) >= 11 is 5.79. The molecule has 1 aromatic carbocycles. The minimum Gasteiger partial charge on any atom is -0.374 e. The van der Waals surface area contributed by atoms with Gasteiger partial charge in [-0.25, -0.2) is 4.39 Å². The maximum absolute atomic E-state index is 15.2. The quantitative estimate of drug-likeness (QED) is 0.221. The number of allylic oxidation sites excluding steroid dienone is 2. The zero-order valence-electron chi connectivity index (χ0n) is 19.3. The van der Waals surface area contributed by atoms with Crippen molar-refractivity contribution in [3.05, 3.63) is 80.6 Å². The van der Waals surface area contributed by atoms with E-state index in [1.54, 1.807) is 13.0 Å². The number of hydrogen-bond acceptors (Lipinski definition) is 6. The second-order valence-corrected chi connectivity index (χ2v) is 9.22. The molecule has 8 nitrogen and oxygen atoms in total. The highest BCUT2D eigenvalue weighted by Crippen LogP contribution is 2.30. The molecule has 0 radical (unpaired) electrons. The van der Waals surface area contributed by atoms with Crippen molar-refractivity contribution < 1.29 is 35.0 Å². The van der Waals surface area contributed by atoms with E-state index in [2.05, 4.69) is 9.18 Å². The number of aryl methyl sites for hydroxylation is 1. The first-order chi connectivity index (χ1) is 16.6. The van der Waals surface area contributed by atoms with Crippen LogP contribution in [0.15, 0.2) is 52.4 Å². The fourth-order valence-corrected chi connectivity index (χ4v) is 3.44. The van der Waals surface area contributed by atoms with Crippen molar-refractivity contribution in [1.29, 1.82) is 0 Å². The van der Waals surface area contributed by atoms with E-state index in [0.29, 0.717) is 0 Å². The third-order valence-corrected chi connectivity index (χ3v) is 5.80. The molecule has 0 unspecified atom stereocenters. The predicted octanol–water partition coefficient (Wildman–Crippen LogP) is 4.37.